The molecule has 2 atom stereocenters. The average molecular weight is 222 g/mol. The molecule has 3 heteroatoms. The normalized spacial score (nSPS) is 15.1. The van der Waals surface area contributed by atoms with E-state index in [4.69, 9.17) is 10.5 Å². The van der Waals surface area contributed by atoms with E-state index in [2.05, 4.69) is 43.1 Å². The van der Waals surface area contributed by atoms with Gasteiger partial charge >= 0.3 is 0 Å². The lowest BCUT2D eigenvalue weighted by Crippen LogP contribution is -2.39. The van der Waals surface area contributed by atoms with Gasteiger partial charge in [0.25, 0.3) is 0 Å². The maximum absolute atomic E-state index is 5.93. The molecule has 1 aromatic rings. The molecular formula is C13H22N2O. The molecule has 2 unspecified atom stereocenters. The topological polar surface area (TPSA) is 38.5 Å². The minimum Gasteiger partial charge on any atom is -0.383 e. The molecule has 1 aromatic carbocycles. The lowest BCUT2D eigenvalue weighted by Gasteiger charge is -2.27. The lowest BCUT2D eigenvalue weighted by molar-refractivity contribution is 0.150. The van der Waals surface area contributed by atoms with E-state index in [0.717, 1.165) is 6.54 Å². The molecule has 0 spiro atoms. The van der Waals surface area contributed by atoms with Gasteiger partial charge < -0.3 is 10.5 Å². The van der Waals surface area contributed by atoms with Crippen LogP contribution >= 0.6 is 0 Å². The summed E-state index contributed by atoms with van der Waals surface area (Å²) in [6.07, 6.45) is 0. The molecule has 0 aliphatic carbocycles. The molecule has 0 radical (unpaired) electrons. The molecule has 0 bridgehead atoms. The standard InChI is InChI=1S/C13H22N2O/c1-11(12-7-5-4-6-8-12)15(2)9-13(14)10-16-3/h4-8,11,13H,9-10,14H2,1-3H3. The second kappa shape index (κ2) is 6.63. The van der Waals surface area contributed by atoms with E-state index in [1.807, 2.05) is 6.07 Å². The number of ether oxygens (including phenoxy) is 1. The Kier molecular flexibility index (Phi) is 5.46. The SMILES string of the molecule is COCC(N)CN(C)C(C)c1ccccc1. The van der Waals surface area contributed by atoms with Crippen LogP contribution in [0.2, 0.25) is 0 Å². The van der Waals surface area contributed by atoms with Crippen molar-refractivity contribution in [3.05, 3.63) is 35.9 Å². The van der Waals surface area contributed by atoms with Crippen molar-refractivity contribution < 1.29 is 4.74 Å². The first-order chi connectivity index (χ1) is 7.65. The van der Waals surface area contributed by atoms with Crippen LogP contribution in [-0.2, 0) is 4.74 Å². The second-order valence-corrected chi connectivity index (χ2v) is 4.24. The van der Waals surface area contributed by atoms with Crippen LogP contribution in [0.15, 0.2) is 30.3 Å². The van der Waals surface area contributed by atoms with Gasteiger partial charge in [-0.1, -0.05) is 30.3 Å². The first-order valence-corrected chi connectivity index (χ1v) is 5.65. The van der Waals surface area contributed by atoms with Crippen LogP contribution in [0.1, 0.15) is 18.5 Å². The van der Waals surface area contributed by atoms with Crippen LogP contribution in [-0.4, -0.2) is 38.3 Å². The zero-order chi connectivity index (χ0) is 12.0. The van der Waals surface area contributed by atoms with Crippen LogP contribution < -0.4 is 5.73 Å². The van der Waals surface area contributed by atoms with Crippen molar-refractivity contribution in [2.45, 2.75) is 19.0 Å². The van der Waals surface area contributed by atoms with Crippen molar-refractivity contribution >= 4 is 0 Å². The van der Waals surface area contributed by atoms with E-state index in [0.29, 0.717) is 12.6 Å². The monoisotopic (exact) mass is 222 g/mol. The van der Waals surface area contributed by atoms with Crippen molar-refractivity contribution in [3.8, 4) is 0 Å². The van der Waals surface area contributed by atoms with Gasteiger partial charge in [-0.15, -0.1) is 0 Å². The minimum absolute atomic E-state index is 0.0705. The maximum atomic E-state index is 5.93. The third-order valence-electron chi connectivity index (χ3n) is 2.85. The summed E-state index contributed by atoms with van der Waals surface area (Å²) in [6, 6.07) is 10.9. The Hall–Kier alpha value is -0.900. The van der Waals surface area contributed by atoms with Gasteiger partial charge in [0.05, 0.1) is 6.61 Å². The van der Waals surface area contributed by atoms with Gasteiger partial charge in [0.15, 0.2) is 0 Å². The van der Waals surface area contributed by atoms with Crippen LogP contribution in [0, 0.1) is 0 Å². The Morgan fingerprint density at radius 1 is 1.31 bits per heavy atom. The highest BCUT2D eigenvalue weighted by molar-refractivity contribution is 5.18. The highest BCUT2D eigenvalue weighted by Gasteiger charge is 2.13. The first-order valence-electron chi connectivity index (χ1n) is 5.65. The molecule has 90 valence electrons. The second-order valence-electron chi connectivity index (χ2n) is 4.24. The van der Waals surface area contributed by atoms with E-state index >= 15 is 0 Å². The summed E-state index contributed by atoms with van der Waals surface area (Å²) in [4.78, 5) is 2.25. The predicted molar refractivity (Wildman–Crippen MR) is 67.3 cm³/mol. The molecule has 0 aliphatic rings. The van der Waals surface area contributed by atoms with E-state index < -0.39 is 0 Å². The Labute approximate surface area is 98.2 Å². The van der Waals surface area contributed by atoms with Gasteiger partial charge in [-0.05, 0) is 19.5 Å². The number of nitrogens with two attached hydrogens (primary N) is 1. The molecule has 0 aromatic heterocycles. The number of hydrogen-bond acceptors (Lipinski definition) is 3. The van der Waals surface area contributed by atoms with Crippen molar-refractivity contribution in [1.29, 1.82) is 0 Å². The van der Waals surface area contributed by atoms with Crippen LogP contribution in [0.5, 0.6) is 0 Å². The summed E-state index contributed by atoms with van der Waals surface area (Å²) >= 11 is 0. The summed E-state index contributed by atoms with van der Waals surface area (Å²) < 4.78 is 5.04. The zero-order valence-electron chi connectivity index (χ0n) is 10.4. The molecule has 0 saturated carbocycles. The molecular weight excluding hydrogens is 200 g/mol. The minimum atomic E-state index is 0.0705. The molecule has 0 amide bonds. The Balaban J connectivity index is 2.51. The largest absolute Gasteiger partial charge is 0.383 e. The number of rotatable bonds is 6. The molecule has 2 N–H and O–H groups in total. The van der Waals surface area contributed by atoms with Gasteiger partial charge in [-0.3, -0.25) is 4.90 Å². The van der Waals surface area contributed by atoms with Crippen LogP contribution in [0.4, 0.5) is 0 Å². The summed E-state index contributed by atoms with van der Waals surface area (Å²) in [6.45, 7) is 3.63. The molecule has 0 saturated heterocycles. The first kappa shape index (κ1) is 13.2. The third-order valence-corrected chi connectivity index (χ3v) is 2.85. The fraction of sp³-hybridized carbons (Fsp3) is 0.538. The predicted octanol–water partition coefficient (Wildman–Crippen LogP) is 1.65. The molecule has 3 nitrogen and oxygen atoms in total. The van der Waals surface area contributed by atoms with Crippen LogP contribution in [0.25, 0.3) is 0 Å². The van der Waals surface area contributed by atoms with Crippen LogP contribution in [0.3, 0.4) is 0 Å². The van der Waals surface area contributed by atoms with E-state index in [-0.39, 0.29) is 6.04 Å². The molecule has 0 aliphatic heterocycles. The smallest absolute Gasteiger partial charge is 0.0626 e. The molecule has 16 heavy (non-hydrogen) atoms. The van der Waals surface area contributed by atoms with Gasteiger partial charge in [0, 0.05) is 25.7 Å². The van der Waals surface area contributed by atoms with Crippen molar-refractivity contribution in [1.82, 2.24) is 4.90 Å². The maximum Gasteiger partial charge on any atom is 0.0626 e. The highest BCUT2D eigenvalue weighted by atomic mass is 16.5. The van der Waals surface area contributed by atoms with E-state index in [9.17, 15) is 0 Å². The summed E-state index contributed by atoms with van der Waals surface area (Å²) in [5.74, 6) is 0. The fourth-order valence-electron chi connectivity index (χ4n) is 1.78. The quantitative estimate of drug-likeness (QED) is 0.795. The van der Waals surface area contributed by atoms with E-state index in [1.165, 1.54) is 5.56 Å². The number of benzene rings is 1. The van der Waals surface area contributed by atoms with Gasteiger partial charge in [0.1, 0.15) is 0 Å². The third kappa shape index (κ3) is 3.93. The van der Waals surface area contributed by atoms with Gasteiger partial charge in [0.2, 0.25) is 0 Å². The van der Waals surface area contributed by atoms with Crippen molar-refractivity contribution in [2.75, 3.05) is 27.3 Å². The molecule has 1 rings (SSSR count). The number of likely N-dealkylation sites (N-methyl/N-ethyl adjacent to an activating group) is 1. The molecule has 0 heterocycles. The fourth-order valence-corrected chi connectivity index (χ4v) is 1.78. The highest BCUT2D eigenvalue weighted by Crippen LogP contribution is 2.17. The van der Waals surface area contributed by atoms with Crippen molar-refractivity contribution in [3.63, 3.8) is 0 Å². The van der Waals surface area contributed by atoms with Gasteiger partial charge in [-0.25, -0.2) is 0 Å². The van der Waals surface area contributed by atoms with Crippen molar-refractivity contribution in [2.24, 2.45) is 5.73 Å². The zero-order valence-corrected chi connectivity index (χ0v) is 10.4. The van der Waals surface area contributed by atoms with E-state index in [1.54, 1.807) is 7.11 Å². The number of hydrogen-bond donors (Lipinski definition) is 1. The van der Waals surface area contributed by atoms with Gasteiger partial charge in [-0.2, -0.15) is 0 Å². The summed E-state index contributed by atoms with van der Waals surface area (Å²) in [5.41, 5.74) is 7.25. The Bertz CT molecular complexity index is 289. The number of methoxy groups -OCH3 is 1. The number of nitrogens with zero attached hydrogens (tertiary/aromatic N) is 1. The Morgan fingerprint density at radius 3 is 2.50 bits per heavy atom. The summed E-state index contributed by atoms with van der Waals surface area (Å²) in [5, 5.41) is 0. The lowest BCUT2D eigenvalue weighted by atomic mass is 10.1. The molecule has 0 fully saturated rings. The Morgan fingerprint density at radius 2 is 1.94 bits per heavy atom. The summed E-state index contributed by atoms with van der Waals surface area (Å²) in [7, 11) is 3.77. The average Bonchev–Trinajstić information content (AvgIpc) is 2.29.